The highest BCUT2D eigenvalue weighted by atomic mass is 79.9. The van der Waals surface area contributed by atoms with Gasteiger partial charge < -0.3 is 10.1 Å². The molecule has 0 radical (unpaired) electrons. The van der Waals surface area contributed by atoms with Gasteiger partial charge in [-0.1, -0.05) is 18.2 Å². The molecule has 2 nitrogen and oxygen atoms in total. The Bertz CT molecular complexity index is 512. The molecule has 1 atom stereocenters. The molecular formula is C14H16BrNOS. The van der Waals surface area contributed by atoms with E-state index in [0.717, 1.165) is 12.3 Å². The summed E-state index contributed by atoms with van der Waals surface area (Å²) in [4.78, 5) is 0. The van der Waals surface area contributed by atoms with Crippen LogP contribution in [0.15, 0.2) is 39.5 Å². The molecule has 0 aliphatic heterocycles. The minimum absolute atomic E-state index is 0.264. The summed E-state index contributed by atoms with van der Waals surface area (Å²) in [6.07, 6.45) is 0. The van der Waals surface area contributed by atoms with Gasteiger partial charge in [0.15, 0.2) is 0 Å². The molecule has 1 aromatic heterocycles. The first-order valence-electron chi connectivity index (χ1n) is 5.80. The fourth-order valence-electron chi connectivity index (χ4n) is 1.84. The van der Waals surface area contributed by atoms with E-state index >= 15 is 0 Å². The average molecular weight is 326 g/mol. The number of halogens is 1. The topological polar surface area (TPSA) is 21.3 Å². The second kappa shape index (κ2) is 6.36. The van der Waals surface area contributed by atoms with Crippen molar-refractivity contribution >= 4 is 27.3 Å². The molecule has 0 bridgehead atoms. The first kappa shape index (κ1) is 13.6. The molecule has 0 amide bonds. The summed E-state index contributed by atoms with van der Waals surface area (Å²) in [6, 6.07) is 10.5. The molecule has 0 aliphatic rings. The predicted molar refractivity (Wildman–Crippen MR) is 80.3 cm³/mol. The second-order valence-electron chi connectivity index (χ2n) is 4.10. The zero-order valence-electron chi connectivity index (χ0n) is 10.4. The van der Waals surface area contributed by atoms with Crippen molar-refractivity contribution in [3.8, 4) is 5.75 Å². The van der Waals surface area contributed by atoms with Gasteiger partial charge in [-0.25, -0.2) is 0 Å². The third-order valence-corrected chi connectivity index (χ3v) is 4.39. The molecule has 0 saturated heterocycles. The van der Waals surface area contributed by atoms with E-state index in [-0.39, 0.29) is 6.04 Å². The number of thiophene rings is 1. The van der Waals surface area contributed by atoms with Gasteiger partial charge in [0.1, 0.15) is 5.75 Å². The van der Waals surface area contributed by atoms with Crippen LogP contribution >= 0.6 is 27.3 Å². The molecule has 1 heterocycles. The molecule has 0 saturated carbocycles. The van der Waals surface area contributed by atoms with Gasteiger partial charge in [0.05, 0.1) is 10.9 Å². The van der Waals surface area contributed by atoms with Gasteiger partial charge in [0, 0.05) is 18.2 Å². The molecule has 4 heteroatoms. The van der Waals surface area contributed by atoms with Crippen LogP contribution in [0.4, 0.5) is 0 Å². The Morgan fingerprint density at radius 2 is 2.17 bits per heavy atom. The standard InChI is InChI=1S/C14H16BrNOS/c1-10(12-5-3-4-6-13(12)17-2)16-8-11-7-14(15)18-9-11/h3-7,9-10,16H,8H2,1-2H3/t10-/m0/s1. The van der Waals surface area contributed by atoms with Crippen LogP contribution in [0.5, 0.6) is 5.75 Å². The van der Waals surface area contributed by atoms with Crippen LogP contribution in [-0.4, -0.2) is 7.11 Å². The van der Waals surface area contributed by atoms with E-state index in [9.17, 15) is 0 Å². The van der Waals surface area contributed by atoms with E-state index in [2.05, 4.69) is 45.7 Å². The van der Waals surface area contributed by atoms with Crippen LogP contribution in [0.1, 0.15) is 24.1 Å². The van der Waals surface area contributed by atoms with Gasteiger partial charge >= 0.3 is 0 Å². The van der Waals surface area contributed by atoms with Crippen molar-refractivity contribution in [1.29, 1.82) is 0 Å². The maximum Gasteiger partial charge on any atom is 0.123 e. The normalized spacial score (nSPS) is 12.4. The van der Waals surface area contributed by atoms with Gasteiger partial charge in [-0.2, -0.15) is 0 Å². The number of ether oxygens (including phenoxy) is 1. The summed E-state index contributed by atoms with van der Waals surface area (Å²) in [6.45, 7) is 3.01. The number of para-hydroxylation sites is 1. The van der Waals surface area contributed by atoms with Crippen molar-refractivity contribution in [2.45, 2.75) is 19.5 Å². The van der Waals surface area contributed by atoms with Crippen LogP contribution in [0.25, 0.3) is 0 Å². The number of methoxy groups -OCH3 is 1. The second-order valence-corrected chi connectivity index (χ2v) is 6.39. The molecular weight excluding hydrogens is 310 g/mol. The minimum Gasteiger partial charge on any atom is -0.496 e. The Balaban J connectivity index is 2.01. The van der Waals surface area contributed by atoms with Gasteiger partial charge in [0.2, 0.25) is 0 Å². The van der Waals surface area contributed by atoms with E-state index < -0.39 is 0 Å². The van der Waals surface area contributed by atoms with Crippen molar-refractivity contribution < 1.29 is 4.74 Å². The van der Waals surface area contributed by atoms with Gasteiger partial charge in [0.25, 0.3) is 0 Å². The molecule has 0 unspecified atom stereocenters. The molecule has 0 fully saturated rings. The van der Waals surface area contributed by atoms with Crippen molar-refractivity contribution in [3.05, 3.63) is 50.6 Å². The molecule has 2 aromatic rings. The summed E-state index contributed by atoms with van der Waals surface area (Å²) in [5, 5.41) is 5.67. The first-order valence-corrected chi connectivity index (χ1v) is 7.47. The molecule has 96 valence electrons. The smallest absolute Gasteiger partial charge is 0.123 e. The van der Waals surface area contributed by atoms with Gasteiger partial charge in [-0.05, 0) is 45.9 Å². The van der Waals surface area contributed by atoms with Gasteiger partial charge in [-0.3, -0.25) is 0 Å². The third-order valence-electron chi connectivity index (χ3n) is 2.84. The lowest BCUT2D eigenvalue weighted by molar-refractivity contribution is 0.401. The Labute approximate surface area is 120 Å². The SMILES string of the molecule is COc1ccccc1[C@H](C)NCc1csc(Br)c1. The fraction of sp³-hybridized carbons (Fsp3) is 0.286. The van der Waals surface area contributed by atoms with E-state index in [1.807, 2.05) is 18.2 Å². The largest absolute Gasteiger partial charge is 0.496 e. The third kappa shape index (κ3) is 3.34. The van der Waals surface area contributed by atoms with Crippen LogP contribution < -0.4 is 10.1 Å². The number of rotatable bonds is 5. The number of benzene rings is 1. The van der Waals surface area contributed by atoms with Crippen LogP contribution in [0.3, 0.4) is 0 Å². The number of nitrogens with one attached hydrogen (secondary N) is 1. The summed E-state index contributed by atoms with van der Waals surface area (Å²) >= 11 is 5.19. The monoisotopic (exact) mass is 325 g/mol. The zero-order valence-corrected chi connectivity index (χ0v) is 12.8. The molecule has 0 aliphatic carbocycles. The van der Waals surface area contributed by atoms with Crippen LogP contribution in [0.2, 0.25) is 0 Å². The summed E-state index contributed by atoms with van der Waals surface area (Å²) in [5.41, 5.74) is 2.49. The van der Waals surface area contributed by atoms with E-state index in [0.29, 0.717) is 0 Å². The highest BCUT2D eigenvalue weighted by Gasteiger charge is 2.10. The Hall–Kier alpha value is -0.840. The fourth-order valence-corrected chi connectivity index (χ4v) is 3.05. The Kier molecular flexibility index (Phi) is 4.80. The van der Waals surface area contributed by atoms with Crippen molar-refractivity contribution in [2.75, 3.05) is 7.11 Å². The maximum absolute atomic E-state index is 5.38. The zero-order chi connectivity index (χ0) is 13.0. The predicted octanol–water partition coefficient (Wildman–Crippen LogP) is 4.37. The quantitative estimate of drug-likeness (QED) is 0.881. The van der Waals surface area contributed by atoms with Gasteiger partial charge in [-0.15, -0.1) is 11.3 Å². The minimum atomic E-state index is 0.264. The summed E-state index contributed by atoms with van der Waals surface area (Å²) in [7, 11) is 1.71. The molecule has 1 N–H and O–H groups in total. The lowest BCUT2D eigenvalue weighted by Crippen LogP contribution is -2.18. The Morgan fingerprint density at radius 3 is 2.83 bits per heavy atom. The van der Waals surface area contributed by atoms with E-state index in [1.54, 1.807) is 18.4 Å². The van der Waals surface area contributed by atoms with Crippen LogP contribution in [0, 0.1) is 0 Å². The first-order chi connectivity index (χ1) is 8.70. The summed E-state index contributed by atoms with van der Waals surface area (Å²) < 4.78 is 6.55. The van der Waals surface area contributed by atoms with Crippen molar-refractivity contribution in [2.24, 2.45) is 0 Å². The molecule has 2 rings (SSSR count). The molecule has 18 heavy (non-hydrogen) atoms. The molecule has 1 aromatic carbocycles. The lowest BCUT2D eigenvalue weighted by Gasteiger charge is -2.16. The van der Waals surface area contributed by atoms with E-state index in [1.165, 1.54) is 14.9 Å². The van der Waals surface area contributed by atoms with Crippen molar-refractivity contribution in [3.63, 3.8) is 0 Å². The number of hydrogen-bond donors (Lipinski definition) is 1. The average Bonchev–Trinajstić information content (AvgIpc) is 2.81. The summed E-state index contributed by atoms with van der Waals surface area (Å²) in [5.74, 6) is 0.934. The molecule has 0 spiro atoms. The van der Waals surface area contributed by atoms with Crippen LogP contribution in [-0.2, 0) is 6.54 Å². The lowest BCUT2D eigenvalue weighted by atomic mass is 10.1. The maximum atomic E-state index is 5.38. The highest BCUT2D eigenvalue weighted by Crippen LogP contribution is 2.25. The highest BCUT2D eigenvalue weighted by molar-refractivity contribution is 9.11. The van der Waals surface area contributed by atoms with Crippen molar-refractivity contribution in [1.82, 2.24) is 5.32 Å². The Morgan fingerprint density at radius 1 is 1.39 bits per heavy atom. The number of hydrogen-bond acceptors (Lipinski definition) is 3. The van der Waals surface area contributed by atoms with E-state index in [4.69, 9.17) is 4.74 Å².